The van der Waals surface area contributed by atoms with Crippen LogP contribution in [0.25, 0.3) is 10.8 Å². The maximum absolute atomic E-state index is 13.0. The average molecular weight is 602 g/mol. The molecular formula is C28H28ClN3O6S2. The van der Waals surface area contributed by atoms with Gasteiger partial charge in [0.05, 0.1) is 34.7 Å². The summed E-state index contributed by atoms with van der Waals surface area (Å²) in [6.07, 6.45) is 1.36. The number of amides is 1. The number of hydrogen-bond acceptors (Lipinski definition) is 6. The lowest BCUT2D eigenvalue weighted by Gasteiger charge is -2.23. The zero-order chi connectivity index (χ0) is 28.9. The largest absolute Gasteiger partial charge is 0.495 e. The molecule has 9 nitrogen and oxygen atoms in total. The van der Waals surface area contributed by atoms with Crippen LogP contribution in [0.1, 0.15) is 12.8 Å². The highest BCUT2D eigenvalue weighted by Crippen LogP contribution is 2.30. The molecule has 4 aromatic carbocycles. The second-order valence-corrected chi connectivity index (χ2v) is 13.0. The summed E-state index contributed by atoms with van der Waals surface area (Å²) in [5.41, 5.74) is 1.24. The quantitative estimate of drug-likeness (QED) is 0.234. The van der Waals surface area contributed by atoms with Gasteiger partial charge in [0.1, 0.15) is 5.75 Å². The van der Waals surface area contributed by atoms with Gasteiger partial charge in [0.2, 0.25) is 15.9 Å². The Morgan fingerprint density at radius 2 is 1.62 bits per heavy atom. The second kappa shape index (κ2) is 12.2. The molecule has 0 spiro atoms. The molecule has 0 unspecified atom stereocenters. The summed E-state index contributed by atoms with van der Waals surface area (Å²) in [7, 11) is -6.03. The molecule has 0 bridgehead atoms. The Labute approximate surface area is 238 Å². The number of methoxy groups -OCH3 is 1. The molecule has 0 aromatic heterocycles. The molecular weight excluding hydrogens is 574 g/mol. The molecule has 2 N–H and O–H groups in total. The number of ether oxygens (including phenoxy) is 1. The van der Waals surface area contributed by atoms with Gasteiger partial charge in [-0.15, -0.1) is 0 Å². The lowest BCUT2D eigenvalue weighted by Crippen LogP contribution is -2.31. The van der Waals surface area contributed by atoms with E-state index < -0.39 is 20.0 Å². The highest BCUT2D eigenvalue weighted by atomic mass is 35.5. The Kier molecular flexibility index (Phi) is 8.87. The van der Waals surface area contributed by atoms with Gasteiger partial charge < -0.3 is 10.1 Å². The smallest absolute Gasteiger partial charge is 0.261 e. The van der Waals surface area contributed by atoms with Crippen molar-refractivity contribution in [2.24, 2.45) is 0 Å². The molecule has 4 aromatic rings. The molecule has 0 aliphatic heterocycles. The van der Waals surface area contributed by atoms with Crippen molar-refractivity contribution in [3.63, 3.8) is 0 Å². The van der Waals surface area contributed by atoms with Crippen LogP contribution in [0.4, 0.5) is 17.1 Å². The van der Waals surface area contributed by atoms with Crippen molar-refractivity contribution >= 4 is 65.4 Å². The number of rotatable bonds is 11. The van der Waals surface area contributed by atoms with Crippen LogP contribution in [0.15, 0.2) is 89.8 Å². The number of carbonyl (C=O) groups is 1. The first-order valence-electron chi connectivity index (χ1n) is 12.2. The molecule has 0 saturated heterocycles. The predicted molar refractivity (Wildman–Crippen MR) is 159 cm³/mol. The monoisotopic (exact) mass is 601 g/mol. The second-order valence-electron chi connectivity index (χ2n) is 8.96. The third kappa shape index (κ3) is 7.04. The number of halogens is 1. The summed E-state index contributed by atoms with van der Waals surface area (Å²) < 4.78 is 59.6. The fourth-order valence-corrected chi connectivity index (χ4v) is 6.43. The van der Waals surface area contributed by atoms with Gasteiger partial charge in [0.25, 0.3) is 10.0 Å². The number of fused-ring (bicyclic) bond motifs is 1. The lowest BCUT2D eigenvalue weighted by atomic mass is 10.1. The van der Waals surface area contributed by atoms with Gasteiger partial charge in [-0.25, -0.2) is 16.8 Å². The SMILES string of the molecule is COc1ccc(N(CCCC(=O)Nc2ccc(S(=O)(=O)Nc3cccc4ccccc34)cc2)S(C)(=O)=O)cc1Cl. The normalized spacial score (nSPS) is 11.7. The number of anilines is 3. The predicted octanol–water partition coefficient (Wildman–Crippen LogP) is 5.49. The Hall–Kier alpha value is -3.80. The fraction of sp³-hybridized carbons (Fsp3) is 0.179. The maximum atomic E-state index is 13.0. The van der Waals surface area contributed by atoms with E-state index >= 15 is 0 Å². The highest BCUT2D eigenvalue weighted by molar-refractivity contribution is 7.92. The van der Waals surface area contributed by atoms with E-state index in [0.29, 0.717) is 22.8 Å². The van der Waals surface area contributed by atoms with Gasteiger partial charge in [-0.3, -0.25) is 13.8 Å². The summed E-state index contributed by atoms with van der Waals surface area (Å²) in [6, 6.07) is 23.3. The number of nitrogens with zero attached hydrogens (tertiary/aromatic N) is 1. The summed E-state index contributed by atoms with van der Waals surface area (Å²) in [6.45, 7) is 0.0614. The molecule has 0 aliphatic rings. The van der Waals surface area contributed by atoms with Crippen molar-refractivity contribution in [3.8, 4) is 5.75 Å². The molecule has 0 atom stereocenters. The summed E-state index contributed by atoms with van der Waals surface area (Å²) >= 11 is 6.15. The van der Waals surface area contributed by atoms with Gasteiger partial charge in [0, 0.05) is 24.0 Å². The minimum Gasteiger partial charge on any atom is -0.495 e. The van der Waals surface area contributed by atoms with E-state index in [1.54, 1.807) is 24.3 Å². The zero-order valence-electron chi connectivity index (χ0n) is 21.8. The molecule has 210 valence electrons. The van der Waals surface area contributed by atoms with Crippen molar-refractivity contribution < 1.29 is 26.4 Å². The number of sulfonamides is 2. The summed E-state index contributed by atoms with van der Waals surface area (Å²) in [5, 5.41) is 4.67. The van der Waals surface area contributed by atoms with E-state index in [1.807, 2.05) is 30.3 Å². The van der Waals surface area contributed by atoms with Crippen LogP contribution in [0.3, 0.4) is 0 Å². The summed E-state index contributed by atoms with van der Waals surface area (Å²) in [4.78, 5) is 12.6. The molecule has 0 fully saturated rings. The third-order valence-electron chi connectivity index (χ3n) is 6.07. The highest BCUT2D eigenvalue weighted by Gasteiger charge is 2.19. The van der Waals surface area contributed by atoms with E-state index in [9.17, 15) is 21.6 Å². The standard InChI is InChI=1S/C28H28ClN3O6S2/c1-38-27-17-14-22(19-25(27)29)32(39(2,34)35)18-6-11-28(33)30-21-12-15-23(16-13-21)40(36,37)31-26-10-5-8-20-7-3-4-9-24(20)26/h3-5,7-10,12-17,19,31H,6,11,18H2,1-2H3,(H,30,33). The first-order chi connectivity index (χ1) is 19.0. The van der Waals surface area contributed by atoms with Gasteiger partial charge >= 0.3 is 0 Å². The van der Waals surface area contributed by atoms with Gasteiger partial charge in [-0.2, -0.15) is 0 Å². The number of nitrogens with one attached hydrogen (secondary N) is 2. The Bertz CT molecular complexity index is 1740. The minimum absolute atomic E-state index is 0.0403. The number of benzene rings is 4. The van der Waals surface area contributed by atoms with E-state index in [-0.39, 0.29) is 35.2 Å². The van der Waals surface area contributed by atoms with Crippen molar-refractivity contribution in [2.45, 2.75) is 17.7 Å². The lowest BCUT2D eigenvalue weighted by molar-refractivity contribution is -0.116. The van der Waals surface area contributed by atoms with E-state index in [4.69, 9.17) is 16.3 Å². The summed E-state index contributed by atoms with van der Waals surface area (Å²) in [5.74, 6) is 0.0760. The molecule has 1 amide bonds. The first-order valence-corrected chi connectivity index (χ1v) is 15.9. The van der Waals surface area contributed by atoms with Gasteiger partial charge in [-0.1, -0.05) is 48.0 Å². The molecule has 12 heteroatoms. The van der Waals surface area contributed by atoms with Crippen molar-refractivity contribution in [1.82, 2.24) is 0 Å². The molecule has 0 saturated carbocycles. The molecule has 0 heterocycles. The fourth-order valence-electron chi connectivity index (χ4n) is 4.14. The Morgan fingerprint density at radius 3 is 2.30 bits per heavy atom. The van der Waals surface area contributed by atoms with E-state index in [0.717, 1.165) is 17.0 Å². The van der Waals surface area contributed by atoms with Crippen LogP contribution >= 0.6 is 11.6 Å². The van der Waals surface area contributed by atoms with E-state index in [2.05, 4.69) is 10.0 Å². The van der Waals surface area contributed by atoms with Crippen LogP contribution in [-0.4, -0.2) is 42.7 Å². The van der Waals surface area contributed by atoms with Crippen molar-refractivity contribution in [3.05, 3.63) is 90.0 Å². The van der Waals surface area contributed by atoms with Crippen LogP contribution in [0.2, 0.25) is 5.02 Å². The number of carbonyl (C=O) groups excluding carboxylic acids is 1. The third-order valence-corrected chi connectivity index (χ3v) is 8.94. The Balaban J connectivity index is 1.36. The maximum Gasteiger partial charge on any atom is 0.261 e. The van der Waals surface area contributed by atoms with Crippen LogP contribution in [0.5, 0.6) is 5.75 Å². The minimum atomic E-state index is -3.86. The number of hydrogen-bond donors (Lipinski definition) is 2. The van der Waals surface area contributed by atoms with Crippen molar-refractivity contribution in [2.75, 3.05) is 34.3 Å². The Morgan fingerprint density at radius 1 is 0.925 bits per heavy atom. The van der Waals surface area contributed by atoms with E-state index in [1.165, 1.54) is 41.7 Å². The van der Waals surface area contributed by atoms with Crippen LogP contribution in [0, 0.1) is 0 Å². The first kappa shape index (κ1) is 29.2. The molecule has 0 radical (unpaired) electrons. The van der Waals surface area contributed by atoms with Crippen LogP contribution < -0.4 is 19.1 Å². The average Bonchev–Trinajstić information content (AvgIpc) is 2.91. The zero-order valence-corrected chi connectivity index (χ0v) is 24.2. The molecule has 4 rings (SSSR count). The van der Waals surface area contributed by atoms with Crippen molar-refractivity contribution in [1.29, 1.82) is 0 Å². The molecule has 0 aliphatic carbocycles. The topological polar surface area (TPSA) is 122 Å². The van der Waals surface area contributed by atoms with Gasteiger partial charge in [0.15, 0.2) is 0 Å². The van der Waals surface area contributed by atoms with Crippen LogP contribution in [-0.2, 0) is 24.8 Å². The van der Waals surface area contributed by atoms with Gasteiger partial charge in [-0.05, 0) is 60.3 Å². The molecule has 40 heavy (non-hydrogen) atoms.